The number of hydrogen-bond donors (Lipinski definition) is 0. The third-order valence-electron chi connectivity index (χ3n) is 1.09. The Kier molecular flexibility index (Phi) is 1.20. The Balaban J connectivity index is 3.55. The monoisotopic (exact) mass is 108 g/mol. The van der Waals surface area contributed by atoms with E-state index in [1.165, 1.54) is 0 Å². The third-order valence-corrected chi connectivity index (χ3v) is 1.09. The van der Waals surface area contributed by atoms with E-state index in [0.29, 0.717) is 0 Å². The van der Waals surface area contributed by atoms with Crippen molar-refractivity contribution in [3.63, 3.8) is 0 Å². The predicted molar refractivity (Wildman–Crippen MR) is 33.6 cm³/mol. The van der Waals surface area contributed by atoms with Crippen LogP contribution >= 0.6 is 0 Å². The molecule has 1 heterocycles. The fourth-order valence-electron chi connectivity index (χ4n) is 0.608. The molecule has 0 saturated carbocycles. The molecule has 0 amide bonds. The second-order valence-corrected chi connectivity index (χ2v) is 1.59. The van der Waals surface area contributed by atoms with Crippen LogP contribution in [0.5, 0.6) is 0 Å². The average Bonchev–Trinajstić information content (AvgIpc) is 2.14. The highest BCUT2D eigenvalue weighted by Crippen LogP contribution is 1.65. The first-order chi connectivity index (χ1) is 3.84. The lowest BCUT2D eigenvalue weighted by Crippen LogP contribution is -2.15. The highest BCUT2D eigenvalue weighted by atomic mass is 16.3. The molecule has 1 nitrogen and oxygen atoms in total. The summed E-state index contributed by atoms with van der Waals surface area (Å²) in [5.74, 6) is 0. The summed E-state index contributed by atoms with van der Waals surface area (Å²) < 4.78 is 4.91. The van der Waals surface area contributed by atoms with Crippen LogP contribution < -0.4 is 10.6 Å². The molecule has 1 rings (SSSR count). The van der Waals surface area contributed by atoms with Gasteiger partial charge in [-0.2, -0.15) is 0 Å². The molecule has 42 valence electrons. The first kappa shape index (κ1) is 5.16. The van der Waals surface area contributed by atoms with Crippen molar-refractivity contribution in [1.82, 2.24) is 0 Å². The van der Waals surface area contributed by atoms with E-state index >= 15 is 0 Å². The van der Waals surface area contributed by atoms with Crippen molar-refractivity contribution in [2.24, 2.45) is 0 Å². The maximum atomic E-state index is 4.91. The van der Waals surface area contributed by atoms with Crippen LogP contribution in [-0.2, 0) is 0 Å². The topological polar surface area (TPSA) is 13.1 Å². The van der Waals surface area contributed by atoms with E-state index in [2.05, 4.69) is 6.58 Å². The predicted octanol–water partition coefficient (Wildman–Crippen LogP) is 0.490. The van der Waals surface area contributed by atoms with Gasteiger partial charge in [-0.25, -0.2) is 0 Å². The van der Waals surface area contributed by atoms with E-state index < -0.39 is 0 Å². The van der Waals surface area contributed by atoms with Gasteiger partial charge in [0.1, 0.15) is 5.42 Å². The molecule has 0 aromatic carbocycles. The molecule has 0 unspecified atom stereocenters. The summed E-state index contributed by atoms with van der Waals surface area (Å²) in [5, 5.41) is 1.07. The van der Waals surface area contributed by atoms with Crippen LogP contribution in [0.2, 0.25) is 0 Å². The molecule has 1 aromatic heterocycles. The van der Waals surface area contributed by atoms with Crippen LogP contribution in [0.1, 0.15) is 6.92 Å². The Morgan fingerprint density at radius 2 is 2.50 bits per heavy atom. The van der Waals surface area contributed by atoms with Crippen LogP contribution in [0.3, 0.4) is 0 Å². The molecule has 0 fully saturated rings. The van der Waals surface area contributed by atoms with Crippen LogP contribution in [0, 0.1) is 0 Å². The fraction of sp³-hybridized carbons (Fsp3) is 0.143. The van der Waals surface area contributed by atoms with Crippen molar-refractivity contribution in [2.75, 3.05) is 0 Å². The first-order valence-corrected chi connectivity index (χ1v) is 2.53. The lowest BCUT2D eigenvalue weighted by molar-refractivity contribution is 0.533. The van der Waals surface area contributed by atoms with Gasteiger partial charge in [0, 0.05) is 5.22 Å². The largest absolute Gasteiger partial charge is 0.465 e. The van der Waals surface area contributed by atoms with Gasteiger partial charge in [0.05, 0.1) is 6.26 Å². The van der Waals surface area contributed by atoms with Crippen molar-refractivity contribution in [2.45, 2.75) is 6.92 Å². The lowest BCUT2D eigenvalue weighted by Gasteiger charge is -1.66. The van der Waals surface area contributed by atoms with Gasteiger partial charge in [-0.15, -0.1) is 0 Å². The molecule has 8 heavy (non-hydrogen) atoms. The SMILES string of the molecule is C=c1occ/c1=C/C. The van der Waals surface area contributed by atoms with E-state index in [-0.39, 0.29) is 0 Å². The van der Waals surface area contributed by atoms with Gasteiger partial charge < -0.3 is 4.42 Å². The quantitative estimate of drug-likeness (QED) is 0.471. The van der Waals surface area contributed by atoms with Crippen molar-refractivity contribution in [1.29, 1.82) is 0 Å². The molecular weight excluding hydrogens is 100 g/mol. The van der Waals surface area contributed by atoms with Gasteiger partial charge in [-0.3, -0.25) is 0 Å². The van der Waals surface area contributed by atoms with Gasteiger partial charge >= 0.3 is 0 Å². The van der Waals surface area contributed by atoms with Crippen LogP contribution in [0.25, 0.3) is 12.7 Å². The van der Waals surface area contributed by atoms with Crippen LogP contribution in [0.15, 0.2) is 16.7 Å². The maximum absolute atomic E-state index is 4.91. The summed E-state index contributed by atoms with van der Waals surface area (Å²) in [6.07, 6.45) is 3.60. The smallest absolute Gasteiger partial charge is 0.126 e. The molecular formula is C7H8O. The third kappa shape index (κ3) is 0.668. The molecule has 0 radical (unpaired) electrons. The highest BCUT2D eigenvalue weighted by molar-refractivity contribution is 5.18. The second kappa shape index (κ2) is 1.86. The molecule has 0 aliphatic heterocycles. The van der Waals surface area contributed by atoms with E-state index in [0.717, 1.165) is 10.6 Å². The maximum Gasteiger partial charge on any atom is 0.126 e. The average molecular weight is 108 g/mol. The zero-order valence-electron chi connectivity index (χ0n) is 4.85. The van der Waals surface area contributed by atoms with Gasteiger partial charge in [0.15, 0.2) is 0 Å². The summed E-state index contributed by atoms with van der Waals surface area (Å²) in [6.45, 7) is 5.61. The van der Waals surface area contributed by atoms with Crippen LogP contribution in [0.4, 0.5) is 0 Å². The van der Waals surface area contributed by atoms with Crippen molar-refractivity contribution < 1.29 is 4.42 Å². The molecule has 0 aliphatic rings. The van der Waals surface area contributed by atoms with E-state index in [1.54, 1.807) is 6.26 Å². The van der Waals surface area contributed by atoms with E-state index in [1.807, 2.05) is 19.1 Å². The normalized spacial score (nSPS) is 12.4. The van der Waals surface area contributed by atoms with Crippen molar-refractivity contribution in [3.8, 4) is 0 Å². The number of rotatable bonds is 0. The Bertz CT molecular complexity index is 256. The zero-order chi connectivity index (χ0) is 5.98. The standard InChI is InChI=1S/C7H8O/c1-3-7-4-5-8-6(7)2/h3-5H,2H2,1H3/b7-3-. The van der Waals surface area contributed by atoms with Gasteiger partial charge in [-0.05, 0) is 13.0 Å². The van der Waals surface area contributed by atoms with E-state index in [9.17, 15) is 0 Å². The molecule has 0 bridgehead atoms. The molecule has 0 N–H and O–H groups in total. The minimum atomic E-state index is 0.743. The van der Waals surface area contributed by atoms with E-state index in [4.69, 9.17) is 4.42 Å². The minimum absolute atomic E-state index is 0.743. The first-order valence-electron chi connectivity index (χ1n) is 2.53. The second-order valence-electron chi connectivity index (χ2n) is 1.59. The number of furan rings is 1. The molecule has 0 aliphatic carbocycles. The summed E-state index contributed by atoms with van der Waals surface area (Å²) in [5.41, 5.74) is 0.743. The van der Waals surface area contributed by atoms with Crippen LogP contribution in [-0.4, -0.2) is 0 Å². The van der Waals surface area contributed by atoms with Gasteiger partial charge in [-0.1, -0.05) is 12.7 Å². The highest BCUT2D eigenvalue weighted by Gasteiger charge is 1.78. The number of hydrogen-bond acceptors (Lipinski definition) is 1. The zero-order valence-corrected chi connectivity index (χ0v) is 4.85. The Hall–Kier alpha value is -0.980. The Morgan fingerprint density at radius 3 is 2.75 bits per heavy atom. The minimum Gasteiger partial charge on any atom is -0.465 e. The Morgan fingerprint density at radius 1 is 1.75 bits per heavy atom. The summed E-state index contributed by atoms with van der Waals surface area (Å²) in [7, 11) is 0. The summed E-state index contributed by atoms with van der Waals surface area (Å²) >= 11 is 0. The molecule has 1 heteroatoms. The Labute approximate surface area is 47.9 Å². The van der Waals surface area contributed by atoms with Gasteiger partial charge in [0.25, 0.3) is 0 Å². The molecule has 1 aromatic rings. The lowest BCUT2D eigenvalue weighted by atomic mass is 10.4. The van der Waals surface area contributed by atoms with Gasteiger partial charge in [0.2, 0.25) is 0 Å². The molecule has 0 spiro atoms. The molecule has 0 atom stereocenters. The van der Waals surface area contributed by atoms with Crippen molar-refractivity contribution in [3.05, 3.63) is 23.0 Å². The summed E-state index contributed by atoms with van der Waals surface area (Å²) in [4.78, 5) is 0. The molecule has 0 saturated heterocycles. The van der Waals surface area contributed by atoms with Crippen molar-refractivity contribution >= 4 is 12.7 Å². The fourth-order valence-corrected chi connectivity index (χ4v) is 0.608. The summed E-state index contributed by atoms with van der Waals surface area (Å²) in [6, 6.07) is 1.89.